The summed E-state index contributed by atoms with van der Waals surface area (Å²) < 4.78 is 68.3. The van der Waals surface area contributed by atoms with Gasteiger partial charge in [0.25, 0.3) is 5.88 Å². The van der Waals surface area contributed by atoms with Crippen LogP contribution in [0.15, 0.2) is 12.3 Å². The Bertz CT molecular complexity index is 544. The van der Waals surface area contributed by atoms with Gasteiger partial charge in [-0.2, -0.15) is 13.2 Å². The molecule has 2 unspecified atom stereocenters. The summed E-state index contributed by atoms with van der Waals surface area (Å²) in [5.74, 6) is -1.72. The van der Waals surface area contributed by atoms with Crippen molar-refractivity contribution in [1.82, 2.24) is 9.71 Å². The van der Waals surface area contributed by atoms with E-state index in [0.717, 1.165) is 6.07 Å². The van der Waals surface area contributed by atoms with Gasteiger partial charge in [0.15, 0.2) is 12.4 Å². The van der Waals surface area contributed by atoms with Crippen LogP contribution in [0.5, 0.6) is 5.88 Å². The molecule has 0 aliphatic carbocycles. The summed E-state index contributed by atoms with van der Waals surface area (Å²) in [4.78, 5) is 3.54. The van der Waals surface area contributed by atoms with Crippen molar-refractivity contribution in [1.29, 1.82) is 0 Å². The van der Waals surface area contributed by atoms with Crippen LogP contribution in [0, 0.1) is 5.82 Å². The van der Waals surface area contributed by atoms with E-state index in [9.17, 15) is 21.8 Å². The van der Waals surface area contributed by atoms with Crippen molar-refractivity contribution in [3.05, 3.63) is 23.6 Å². The third-order valence-electron chi connectivity index (χ3n) is 2.54. The van der Waals surface area contributed by atoms with Gasteiger partial charge in [0.2, 0.25) is 0 Å². The number of nitrogens with one attached hydrogen (secondary N) is 1. The van der Waals surface area contributed by atoms with Crippen molar-refractivity contribution in [2.75, 3.05) is 6.61 Å². The van der Waals surface area contributed by atoms with Crippen molar-refractivity contribution in [2.24, 2.45) is 0 Å². The molecule has 0 bridgehead atoms. The van der Waals surface area contributed by atoms with Crippen molar-refractivity contribution in [3.8, 4) is 5.88 Å². The van der Waals surface area contributed by atoms with Crippen molar-refractivity contribution >= 4 is 11.0 Å². The molecular weight excluding hydrogens is 324 g/mol. The van der Waals surface area contributed by atoms with Crippen molar-refractivity contribution in [3.63, 3.8) is 0 Å². The van der Waals surface area contributed by atoms with Gasteiger partial charge in [0, 0.05) is 12.2 Å². The molecule has 0 aliphatic rings. The minimum atomic E-state index is -4.56. The van der Waals surface area contributed by atoms with E-state index < -0.39 is 46.3 Å². The first kappa shape index (κ1) is 18.8. The lowest BCUT2D eigenvalue weighted by Gasteiger charge is -2.22. The number of hydrogen-bond donors (Lipinski definition) is 1. The molecule has 1 N–H and O–H groups in total. The highest BCUT2D eigenvalue weighted by molar-refractivity contribution is 7.84. The fourth-order valence-corrected chi connectivity index (χ4v) is 2.15. The SMILES string of the molecule is CC(NS(=O)C(C)(C)C)c1cnc(OCC(F)(F)F)c(F)c1. The maximum absolute atomic E-state index is 13.7. The molecule has 1 heterocycles. The molecule has 0 fully saturated rings. The zero-order valence-electron chi connectivity index (χ0n) is 12.6. The van der Waals surface area contributed by atoms with Gasteiger partial charge in [0.1, 0.15) is 0 Å². The van der Waals surface area contributed by atoms with E-state index in [2.05, 4.69) is 14.4 Å². The van der Waals surface area contributed by atoms with Gasteiger partial charge in [-0.15, -0.1) is 0 Å². The molecule has 0 saturated carbocycles. The summed E-state index contributed by atoms with van der Waals surface area (Å²) in [7, 11) is -1.38. The van der Waals surface area contributed by atoms with Crippen LogP contribution in [-0.4, -0.2) is 26.7 Å². The summed E-state index contributed by atoms with van der Waals surface area (Å²) in [5, 5.41) is 0. The summed E-state index contributed by atoms with van der Waals surface area (Å²) in [5.41, 5.74) is 0.356. The predicted octanol–water partition coefficient (Wildman–Crippen LogP) is 3.27. The van der Waals surface area contributed by atoms with E-state index in [1.807, 2.05) is 0 Å². The van der Waals surface area contributed by atoms with Crippen LogP contribution >= 0.6 is 0 Å². The monoisotopic (exact) mass is 342 g/mol. The van der Waals surface area contributed by atoms with E-state index in [1.165, 1.54) is 6.20 Å². The number of halogens is 4. The van der Waals surface area contributed by atoms with Crippen LogP contribution < -0.4 is 9.46 Å². The molecule has 0 saturated heterocycles. The molecule has 0 amide bonds. The first-order valence-electron chi connectivity index (χ1n) is 6.43. The quantitative estimate of drug-likeness (QED) is 0.836. The number of aromatic nitrogens is 1. The second-order valence-corrected chi connectivity index (χ2v) is 7.68. The largest absolute Gasteiger partial charge is 0.466 e. The Balaban J connectivity index is 2.78. The van der Waals surface area contributed by atoms with Gasteiger partial charge < -0.3 is 4.74 Å². The molecule has 1 aromatic heterocycles. The van der Waals surface area contributed by atoms with E-state index in [0.29, 0.717) is 5.56 Å². The number of alkyl halides is 3. The number of ether oxygens (including phenoxy) is 1. The highest BCUT2D eigenvalue weighted by Crippen LogP contribution is 2.23. The smallest absolute Gasteiger partial charge is 0.422 e. The van der Waals surface area contributed by atoms with E-state index >= 15 is 0 Å². The van der Waals surface area contributed by atoms with Gasteiger partial charge in [-0.25, -0.2) is 18.3 Å². The lowest BCUT2D eigenvalue weighted by molar-refractivity contribution is -0.154. The molecule has 1 aromatic rings. The minimum Gasteiger partial charge on any atom is -0.466 e. The molecule has 0 aliphatic heterocycles. The summed E-state index contributed by atoms with van der Waals surface area (Å²) >= 11 is 0. The standard InChI is InChI=1S/C13H18F4N2O2S/c1-8(19-22(20)12(2,3)4)9-5-10(14)11(18-6-9)21-7-13(15,16)17/h5-6,8,19H,7H2,1-4H3. The summed E-state index contributed by atoms with van der Waals surface area (Å²) in [6.45, 7) is 5.36. The van der Waals surface area contributed by atoms with Crippen LogP contribution in [-0.2, 0) is 11.0 Å². The van der Waals surface area contributed by atoms with Crippen LogP contribution in [0.25, 0.3) is 0 Å². The van der Waals surface area contributed by atoms with Gasteiger partial charge >= 0.3 is 6.18 Å². The van der Waals surface area contributed by atoms with Gasteiger partial charge in [-0.05, 0) is 39.3 Å². The lowest BCUT2D eigenvalue weighted by atomic mass is 10.1. The lowest BCUT2D eigenvalue weighted by Crippen LogP contribution is -2.34. The molecule has 22 heavy (non-hydrogen) atoms. The van der Waals surface area contributed by atoms with Gasteiger partial charge in [0.05, 0.1) is 15.7 Å². The minimum absolute atomic E-state index is 0.356. The average molecular weight is 342 g/mol. The number of nitrogens with zero attached hydrogens (tertiary/aromatic N) is 1. The Morgan fingerprint density at radius 2 is 1.95 bits per heavy atom. The van der Waals surface area contributed by atoms with E-state index in [1.54, 1.807) is 27.7 Å². The van der Waals surface area contributed by atoms with Crippen molar-refractivity contribution < 1.29 is 26.5 Å². The highest BCUT2D eigenvalue weighted by atomic mass is 32.2. The summed E-state index contributed by atoms with van der Waals surface area (Å²) in [6, 6.07) is 0.523. The molecule has 126 valence electrons. The Hall–Kier alpha value is -1.22. The first-order chi connectivity index (χ1) is 9.90. The number of hydrogen-bond acceptors (Lipinski definition) is 3. The fraction of sp³-hybridized carbons (Fsp3) is 0.615. The maximum Gasteiger partial charge on any atom is 0.422 e. The zero-order valence-corrected chi connectivity index (χ0v) is 13.4. The maximum atomic E-state index is 13.7. The average Bonchev–Trinajstić information content (AvgIpc) is 2.34. The Morgan fingerprint density at radius 1 is 1.36 bits per heavy atom. The van der Waals surface area contributed by atoms with Crippen LogP contribution in [0.2, 0.25) is 0 Å². The second-order valence-electron chi connectivity index (χ2n) is 5.68. The molecule has 4 nitrogen and oxygen atoms in total. The van der Waals surface area contributed by atoms with Crippen molar-refractivity contribution in [2.45, 2.75) is 44.7 Å². The Labute approximate surface area is 128 Å². The zero-order chi connectivity index (χ0) is 17.1. The Kier molecular flexibility index (Phi) is 5.91. The predicted molar refractivity (Wildman–Crippen MR) is 75.2 cm³/mol. The highest BCUT2D eigenvalue weighted by Gasteiger charge is 2.29. The van der Waals surface area contributed by atoms with Gasteiger partial charge in [-0.3, -0.25) is 0 Å². The Morgan fingerprint density at radius 3 is 2.41 bits per heavy atom. The fourth-order valence-electron chi connectivity index (χ4n) is 1.34. The first-order valence-corrected chi connectivity index (χ1v) is 7.58. The summed E-state index contributed by atoms with van der Waals surface area (Å²) in [6.07, 6.45) is -3.38. The molecule has 0 aromatic carbocycles. The molecule has 1 rings (SSSR count). The van der Waals surface area contributed by atoms with E-state index in [-0.39, 0.29) is 0 Å². The molecular formula is C13H18F4N2O2S. The normalized spacial score (nSPS) is 15.5. The third kappa shape index (κ3) is 5.88. The van der Waals surface area contributed by atoms with Gasteiger partial charge in [-0.1, -0.05) is 0 Å². The molecule has 2 atom stereocenters. The van der Waals surface area contributed by atoms with Crippen LogP contribution in [0.3, 0.4) is 0 Å². The second kappa shape index (κ2) is 6.91. The number of pyridine rings is 1. The molecule has 0 radical (unpaired) electrons. The molecule has 0 spiro atoms. The molecule has 9 heteroatoms. The van der Waals surface area contributed by atoms with Crippen LogP contribution in [0.1, 0.15) is 39.3 Å². The van der Waals surface area contributed by atoms with E-state index in [4.69, 9.17) is 0 Å². The number of rotatable bonds is 5. The topological polar surface area (TPSA) is 51.2 Å². The van der Waals surface area contributed by atoms with Crippen LogP contribution in [0.4, 0.5) is 17.6 Å². The third-order valence-corrected chi connectivity index (χ3v) is 4.22.